The quantitative estimate of drug-likeness (QED) is 0.862. The molecule has 1 N–H and O–H groups in total. The maximum atomic E-state index is 5.35. The van der Waals surface area contributed by atoms with Crippen molar-refractivity contribution in [3.8, 4) is 11.4 Å². The zero-order valence-corrected chi connectivity index (χ0v) is 10.0. The number of nitrogens with one attached hydrogen (secondary N) is 1. The van der Waals surface area contributed by atoms with E-state index in [1.54, 1.807) is 0 Å². The fourth-order valence-corrected chi connectivity index (χ4v) is 2.11. The Balaban J connectivity index is 1.74. The van der Waals surface area contributed by atoms with E-state index in [1.807, 2.05) is 12.1 Å². The second-order valence-electron chi connectivity index (χ2n) is 4.32. The van der Waals surface area contributed by atoms with Gasteiger partial charge >= 0.3 is 0 Å². The van der Waals surface area contributed by atoms with Gasteiger partial charge in [-0.25, -0.2) is 0 Å². The van der Waals surface area contributed by atoms with E-state index in [1.165, 1.54) is 5.56 Å². The van der Waals surface area contributed by atoms with Crippen LogP contribution in [0, 0.1) is 0 Å². The molecule has 2 heterocycles. The molecule has 6 heteroatoms. The molecule has 1 aromatic carbocycles. The van der Waals surface area contributed by atoms with E-state index in [2.05, 4.69) is 37.7 Å². The molecule has 1 saturated heterocycles. The van der Waals surface area contributed by atoms with Crippen LogP contribution >= 0.6 is 0 Å². The summed E-state index contributed by atoms with van der Waals surface area (Å²) in [6.07, 6.45) is 0. The molecular formula is C12H15N5O. The van der Waals surface area contributed by atoms with Gasteiger partial charge in [-0.05, 0) is 16.8 Å². The number of morpholine rings is 1. The van der Waals surface area contributed by atoms with Crippen molar-refractivity contribution in [2.24, 2.45) is 0 Å². The van der Waals surface area contributed by atoms with E-state index in [0.29, 0.717) is 5.82 Å². The van der Waals surface area contributed by atoms with E-state index < -0.39 is 0 Å². The van der Waals surface area contributed by atoms with Gasteiger partial charge in [0.05, 0.1) is 13.2 Å². The SMILES string of the molecule is c1cc(CN2CCOCC2)cc(-c2nn[nH]n2)c1. The molecule has 0 spiro atoms. The zero-order valence-electron chi connectivity index (χ0n) is 10.0. The van der Waals surface area contributed by atoms with Gasteiger partial charge in [-0.3, -0.25) is 4.90 Å². The highest BCUT2D eigenvalue weighted by Gasteiger charge is 2.11. The van der Waals surface area contributed by atoms with Crippen molar-refractivity contribution in [1.29, 1.82) is 0 Å². The molecule has 1 aliphatic heterocycles. The van der Waals surface area contributed by atoms with Gasteiger partial charge < -0.3 is 4.74 Å². The van der Waals surface area contributed by atoms with E-state index in [4.69, 9.17) is 4.74 Å². The molecular weight excluding hydrogens is 230 g/mol. The molecule has 1 aromatic heterocycles. The molecule has 0 aliphatic carbocycles. The first-order chi connectivity index (χ1) is 8.92. The van der Waals surface area contributed by atoms with Gasteiger partial charge in [0.15, 0.2) is 0 Å². The van der Waals surface area contributed by atoms with Gasteiger partial charge in [0.25, 0.3) is 0 Å². The summed E-state index contributed by atoms with van der Waals surface area (Å²) in [5.41, 5.74) is 2.26. The second-order valence-corrected chi connectivity index (χ2v) is 4.32. The van der Waals surface area contributed by atoms with Crippen LogP contribution in [-0.2, 0) is 11.3 Å². The summed E-state index contributed by atoms with van der Waals surface area (Å²) in [4.78, 5) is 2.39. The molecule has 1 aliphatic rings. The Labute approximate surface area is 105 Å². The normalized spacial score (nSPS) is 16.9. The van der Waals surface area contributed by atoms with Crippen LogP contribution in [0.4, 0.5) is 0 Å². The van der Waals surface area contributed by atoms with Crippen LogP contribution in [0.1, 0.15) is 5.56 Å². The van der Waals surface area contributed by atoms with E-state index in [9.17, 15) is 0 Å². The Morgan fingerprint density at radius 2 is 2.17 bits per heavy atom. The van der Waals surface area contributed by atoms with Gasteiger partial charge in [-0.15, -0.1) is 10.2 Å². The summed E-state index contributed by atoms with van der Waals surface area (Å²) >= 11 is 0. The monoisotopic (exact) mass is 245 g/mol. The van der Waals surface area contributed by atoms with Gasteiger partial charge in [0.2, 0.25) is 5.82 Å². The first kappa shape index (κ1) is 11.3. The molecule has 3 rings (SSSR count). The summed E-state index contributed by atoms with van der Waals surface area (Å²) in [5.74, 6) is 0.638. The molecule has 0 radical (unpaired) electrons. The fraction of sp³-hybridized carbons (Fsp3) is 0.417. The summed E-state index contributed by atoms with van der Waals surface area (Å²) in [6, 6.07) is 8.26. The number of benzene rings is 1. The minimum absolute atomic E-state index is 0.638. The maximum absolute atomic E-state index is 5.35. The first-order valence-corrected chi connectivity index (χ1v) is 6.05. The van der Waals surface area contributed by atoms with Crippen LogP contribution < -0.4 is 0 Å². The molecule has 2 aromatic rings. The Morgan fingerprint density at radius 1 is 1.28 bits per heavy atom. The van der Waals surface area contributed by atoms with Crippen molar-refractivity contribution in [3.05, 3.63) is 29.8 Å². The summed E-state index contributed by atoms with van der Waals surface area (Å²) in [6.45, 7) is 4.57. The van der Waals surface area contributed by atoms with Crippen LogP contribution in [0.15, 0.2) is 24.3 Å². The highest BCUT2D eigenvalue weighted by atomic mass is 16.5. The number of aromatic nitrogens is 4. The molecule has 94 valence electrons. The topological polar surface area (TPSA) is 66.9 Å². The number of hydrogen-bond acceptors (Lipinski definition) is 5. The average molecular weight is 245 g/mol. The van der Waals surface area contributed by atoms with Crippen molar-refractivity contribution in [2.75, 3.05) is 26.3 Å². The Hall–Kier alpha value is -1.79. The first-order valence-electron chi connectivity index (χ1n) is 6.05. The molecule has 18 heavy (non-hydrogen) atoms. The number of H-pyrrole nitrogens is 1. The lowest BCUT2D eigenvalue weighted by molar-refractivity contribution is 0.0342. The zero-order chi connectivity index (χ0) is 12.2. The summed E-state index contributed by atoms with van der Waals surface area (Å²) in [7, 11) is 0. The van der Waals surface area contributed by atoms with Crippen molar-refractivity contribution < 1.29 is 4.74 Å². The molecule has 0 bridgehead atoms. The number of hydrogen-bond donors (Lipinski definition) is 1. The van der Waals surface area contributed by atoms with Gasteiger partial charge in [-0.1, -0.05) is 18.2 Å². The lowest BCUT2D eigenvalue weighted by atomic mass is 10.1. The van der Waals surface area contributed by atoms with Crippen LogP contribution in [0.5, 0.6) is 0 Å². The van der Waals surface area contributed by atoms with Crippen LogP contribution in [-0.4, -0.2) is 51.8 Å². The molecule has 0 saturated carbocycles. The maximum Gasteiger partial charge on any atom is 0.204 e. The minimum Gasteiger partial charge on any atom is -0.379 e. The number of ether oxygens (including phenoxy) is 1. The number of nitrogens with zero attached hydrogens (tertiary/aromatic N) is 4. The molecule has 1 fully saturated rings. The third kappa shape index (κ3) is 2.55. The predicted octanol–water partition coefficient (Wildman–Crippen LogP) is 0.699. The highest BCUT2D eigenvalue weighted by Crippen LogP contribution is 2.16. The summed E-state index contributed by atoms with van der Waals surface area (Å²) in [5, 5.41) is 14.0. The van der Waals surface area contributed by atoms with Crippen molar-refractivity contribution in [2.45, 2.75) is 6.54 Å². The van der Waals surface area contributed by atoms with E-state index >= 15 is 0 Å². The van der Waals surface area contributed by atoms with Gasteiger partial charge in [-0.2, -0.15) is 5.21 Å². The van der Waals surface area contributed by atoms with Crippen LogP contribution in [0.2, 0.25) is 0 Å². The molecule has 6 nitrogen and oxygen atoms in total. The van der Waals surface area contributed by atoms with E-state index in [0.717, 1.165) is 38.4 Å². The number of tetrazole rings is 1. The Kier molecular flexibility index (Phi) is 3.29. The van der Waals surface area contributed by atoms with Crippen molar-refractivity contribution in [3.63, 3.8) is 0 Å². The minimum atomic E-state index is 0.638. The van der Waals surface area contributed by atoms with Gasteiger partial charge in [0, 0.05) is 25.2 Å². The fourth-order valence-electron chi connectivity index (χ4n) is 2.11. The van der Waals surface area contributed by atoms with Crippen molar-refractivity contribution >= 4 is 0 Å². The highest BCUT2D eigenvalue weighted by molar-refractivity contribution is 5.54. The largest absolute Gasteiger partial charge is 0.379 e. The molecule has 0 amide bonds. The second kappa shape index (κ2) is 5.24. The van der Waals surface area contributed by atoms with E-state index in [-0.39, 0.29) is 0 Å². The lowest BCUT2D eigenvalue weighted by Crippen LogP contribution is -2.35. The smallest absolute Gasteiger partial charge is 0.204 e. The Morgan fingerprint density at radius 3 is 2.94 bits per heavy atom. The van der Waals surface area contributed by atoms with Crippen molar-refractivity contribution in [1.82, 2.24) is 25.5 Å². The number of aromatic amines is 1. The summed E-state index contributed by atoms with van der Waals surface area (Å²) < 4.78 is 5.35. The van der Waals surface area contributed by atoms with Gasteiger partial charge in [0.1, 0.15) is 0 Å². The number of rotatable bonds is 3. The molecule has 0 unspecified atom stereocenters. The lowest BCUT2D eigenvalue weighted by Gasteiger charge is -2.26. The Bertz CT molecular complexity index is 493. The third-order valence-electron chi connectivity index (χ3n) is 3.04. The van der Waals surface area contributed by atoms with Crippen LogP contribution in [0.25, 0.3) is 11.4 Å². The standard InChI is InChI=1S/C12H15N5O/c1-2-10(9-17-4-6-18-7-5-17)8-11(3-1)12-13-15-16-14-12/h1-3,8H,4-7,9H2,(H,13,14,15,16). The predicted molar refractivity (Wildman–Crippen MR) is 65.7 cm³/mol. The third-order valence-corrected chi connectivity index (χ3v) is 3.04. The average Bonchev–Trinajstić information content (AvgIpc) is 2.94. The molecule has 0 atom stereocenters. The van der Waals surface area contributed by atoms with Crippen LogP contribution in [0.3, 0.4) is 0 Å².